The number of fused-ring (bicyclic) bond motifs is 2. The van der Waals surface area contributed by atoms with Crippen molar-refractivity contribution >= 4 is 6.09 Å². The largest absolute Gasteiger partial charge is 0.444 e. The summed E-state index contributed by atoms with van der Waals surface area (Å²) in [6, 6.07) is 1.44. The lowest BCUT2D eigenvalue weighted by molar-refractivity contribution is -0.00247. The molecule has 3 atom stereocenters. The molecule has 2 aliphatic heterocycles. The second-order valence-electron chi connectivity index (χ2n) is 8.28. The summed E-state index contributed by atoms with van der Waals surface area (Å²) in [5.41, 5.74) is -0.393. The van der Waals surface area contributed by atoms with Crippen molar-refractivity contribution in [2.24, 2.45) is 5.92 Å². The second kappa shape index (κ2) is 5.45. The maximum absolute atomic E-state index is 12.4. The second-order valence-corrected chi connectivity index (χ2v) is 8.28. The topological polar surface area (TPSA) is 32.8 Å². The van der Waals surface area contributed by atoms with Gasteiger partial charge >= 0.3 is 6.09 Å². The molecule has 3 rings (SSSR count). The Kier molecular flexibility index (Phi) is 3.93. The predicted octanol–water partition coefficient (Wildman–Crippen LogP) is 3.26. The molecular formula is C17H30N2O2. The van der Waals surface area contributed by atoms with E-state index in [0.717, 1.165) is 31.6 Å². The third kappa shape index (κ3) is 3.53. The van der Waals surface area contributed by atoms with Gasteiger partial charge in [0.1, 0.15) is 5.60 Å². The zero-order chi connectivity index (χ0) is 15.2. The molecule has 0 aromatic rings. The third-order valence-electron chi connectivity index (χ3n) is 5.18. The molecule has 4 heteroatoms. The molecule has 120 valence electrons. The lowest BCUT2D eigenvalue weighted by Gasteiger charge is -2.42. The van der Waals surface area contributed by atoms with Crippen LogP contribution in [0.4, 0.5) is 4.79 Å². The van der Waals surface area contributed by atoms with E-state index in [1.165, 1.54) is 19.4 Å². The Balaban J connectivity index is 1.59. The first-order chi connectivity index (χ1) is 9.83. The minimum Gasteiger partial charge on any atom is -0.444 e. The minimum atomic E-state index is -0.393. The summed E-state index contributed by atoms with van der Waals surface area (Å²) in [7, 11) is 2.27. The van der Waals surface area contributed by atoms with Gasteiger partial charge < -0.3 is 14.5 Å². The van der Waals surface area contributed by atoms with Crippen LogP contribution in [0.25, 0.3) is 0 Å². The fourth-order valence-corrected chi connectivity index (χ4v) is 3.98. The Labute approximate surface area is 128 Å². The molecule has 2 heterocycles. The zero-order valence-electron chi connectivity index (χ0n) is 14.0. The molecule has 0 spiro atoms. The van der Waals surface area contributed by atoms with Crippen LogP contribution < -0.4 is 0 Å². The van der Waals surface area contributed by atoms with E-state index in [-0.39, 0.29) is 6.09 Å². The van der Waals surface area contributed by atoms with Crippen LogP contribution in [-0.4, -0.2) is 53.2 Å². The van der Waals surface area contributed by atoms with Crippen LogP contribution >= 0.6 is 0 Å². The molecule has 2 saturated heterocycles. The van der Waals surface area contributed by atoms with Gasteiger partial charge in [-0.15, -0.1) is 0 Å². The van der Waals surface area contributed by atoms with Gasteiger partial charge in [0.15, 0.2) is 0 Å². The van der Waals surface area contributed by atoms with E-state index >= 15 is 0 Å². The Morgan fingerprint density at radius 2 is 1.71 bits per heavy atom. The van der Waals surface area contributed by atoms with Gasteiger partial charge in [0.2, 0.25) is 0 Å². The van der Waals surface area contributed by atoms with Crippen molar-refractivity contribution < 1.29 is 9.53 Å². The van der Waals surface area contributed by atoms with Crippen LogP contribution in [0, 0.1) is 5.92 Å². The minimum absolute atomic E-state index is 0.0988. The molecular weight excluding hydrogens is 264 g/mol. The van der Waals surface area contributed by atoms with Crippen molar-refractivity contribution in [3.05, 3.63) is 0 Å². The SMILES string of the molecule is CN(CC1CC1)C1C[C@H]2CC[C@@H](C1)N2C(=O)OC(C)(C)C. The lowest BCUT2D eigenvalue weighted by atomic mass is 9.96. The van der Waals surface area contributed by atoms with Crippen LogP contribution in [0.5, 0.6) is 0 Å². The molecule has 2 bridgehead atoms. The normalized spacial score (nSPS) is 32.6. The van der Waals surface area contributed by atoms with E-state index < -0.39 is 5.60 Å². The number of carbonyl (C=O) groups is 1. The van der Waals surface area contributed by atoms with Crippen LogP contribution in [0.15, 0.2) is 0 Å². The van der Waals surface area contributed by atoms with Gasteiger partial charge in [-0.2, -0.15) is 0 Å². The first-order valence-electron chi connectivity index (χ1n) is 8.55. The van der Waals surface area contributed by atoms with Crippen LogP contribution in [0.2, 0.25) is 0 Å². The van der Waals surface area contributed by atoms with E-state index in [9.17, 15) is 4.79 Å². The van der Waals surface area contributed by atoms with Gasteiger partial charge in [-0.3, -0.25) is 0 Å². The van der Waals surface area contributed by atoms with Gasteiger partial charge in [0.25, 0.3) is 0 Å². The van der Waals surface area contributed by atoms with Gasteiger partial charge in [-0.05, 0) is 72.3 Å². The van der Waals surface area contributed by atoms with Crippen molar-refractivity contribution in [1.29, 1.82) is 0 Å². The highest BCUT2D eigenvalue weighted by atomic mass is 16.6. The van der Waals surface area contributed by atoms with Crippen molar-refractivity contribution in [2.45, 2.75) is 83.0 Å². The van der Waals surface area contributed by atoms with E-state index in [1.807, 2.05) is 25.7 Å². The van der Waals surface area contributed by atoms with Gasteiger partial charge in [-0.25, -0.2) is 4.79 Å². The van der Waals surface area contributed by atoms with Crippen molar-refractivity contribution in [3.63, 3.8) is 0 Å². The molecule has 1 unspecified atom stereocenters. The highest BCUT2D eigenvalue weighted by molar-refractivity contribution is 5.69. The van der Waals surface area contributed by atoms with E-state index in [2.05, 4.69) is 11.9 Å². The van der Waals surface area contributed by atoms with Crippen molar-refractivity contribution in [1.82, 2.24) is 9.80 Å². The molecule has 3 fully saturated rings. The summed E-state index contributed by atoms with van der Waals surface area (Å²) in [6.07, 6.45) is 7.27. The maximum Gasteiger partial charge on any atom is 0.410 e. The Bertz CT molecular complexity index is 386. The van der Waals surface area contributed by atoms with Crippen LogP contribution in [0.3, 0.4) is 0 Å². The smallest absolute Gasteiger partial charge is 0.410 e. The Morgan fingerprint density at radius 1 is 1.14 bits per heavy atom. The molecule has 4 nitrogen and oxygen atoms in total. The van der Waals surface area contributed by atoms with E-state index in [0.29, 0.717) is 18.1 Å². The summed E-state index contributed by atoms with van der Waals surface area (Å²) in [5, 5.41) is 0. The molecule has 3 aliphatic rings. The number of hydrogen-bond acceptors (Lipinski definition) is 3. The maximum atomic E-state index is 12.4. The highest BCUT2D eigenvalue weighted by Gasteiger charge is 2.45. The lowest BCUT2D eigenvalue weighted by Crippen LogP contribution is -2.53. The Hall–Kier alpha value is -0.770. The standard InChI is InChI=1S/C17H30N2O2/c1-17(2,3)21-16(20)19-13-7-8-14(19)10-15(9-13)18(4)11-12-5-6-12/h12-15H,5-11H2,1-4H3/t13-,14+,15?. The summed E-state index contributed by atoms with van der Waals surface area (Å²) >= 11 is 0. The summed E-state index contributed by atoms with van der Waals surface area (Å²) < 4.78 is 5.60. The average Bonchev–Trinajstić information content (AvgIpc) is 3.12. The summed E-state index contributed by atoms with van der Waals surface area (Å²) in [6.45, 7) is 7.09. The molecule has 1 saturated carbocycles. The average molecular weight is 294 g/mol. The Morgan fingerprint density at radius 3 is 2.19 bits per heavy atom. The summed E-state index contributed by atoms with van der Waals surface area (Å²) in [5.74, 6) is 0.941. The quantitative estimate of drug-likeness (QED) is 0.801. The van der Waals surface area contributed by atoms with Gasteiger partial charge in [0, 0.05) is 24.7 Å². The van der Waals surface area contributed by atoms with E-state index in [4.69, 9.17) is 4.74 Å². The monoisotopic (exact) mass is 294 g/mol. The molecule has 0 N–H and O–H groups in total. The number of ether oxygens (including phenoxy) is 1. The highest BCUT2D eigenvalue weighted by Crippen LogP contribution is 2.39. The van der Waals surface area contributed by atoms with Crippen molar-refractivity contribution in [3.8, 4) is 0 Å². The van der Waals surface area contributed by atoms with E-state index in [1.54, 1.807) is 0 Å². The third-order valence-corrected chi connectivity index (χ3v) is 5.18. The fourth-order valence-electron chi connectivity index (χ4n) is 3.98. The molecule has 0 aromatic heterocycles. The predicted molar refractivity (Wildman–Crippen MR) is 83.3 cm³/mol. The molecule has 1 amide bonds. The first kappa shape index (κ1) is 15.1. The number of amides is 1. The molecule has 0 aromatic carbocycles. The molecule has 0 radical (unpaired) electrons. The van der Waals surface area contributed by atoms with Crippen molar-refractivity contribution in [2.75, 3.05) is 13.6 Å². The first-order valence-corrected chi connectivity index (χ1v) is 8.55. The molecule has 1 aliphatic carbocycles. The van der Waals surface area contributed by atoms with Gasteiger partial charge in [-0.1, -0.05) is 0 Å². The van der Waals surface area contributed by atoms with Crippen LogP contribution in [-0.2, 0) is 4.74 Å². The number of carbonyl (C=O) groups excluding carboxylic acids is 1. The number of rotatable bonds is 3. The zero-order valence-corrected chi connectivity index (χ0v) is 14.0. The number of hydrogen-bond donors (Lipinski definition) is 0. The number of nitrogens with zero attached hydrogens (tertiary/aromatic N) is 2. The van der Waals surface area contributed by atoms with Gasteiger partial charge in [0.05, 0.1) is 0 Å². The van der Waals surface area contributed by atoms with Crippen LogP contribution in [0.1, 0.15) is 59.3 Å². The number of piperidine rings is 1. The fraction of sp³-hybridized carbons (Fsp3) is 0.941. The molecule has 21 heavy (non-hydrogen) atoms. The summed E-state index contributed by atoms with van der Waals surface area (Å²) in [4.78, 5) is 17.0.